The van der Waals surface area contributed by atoms with Crippen molar-refractivity contribution in [2.24, 2.45) is 0 Å². The largest absolute Gasteiger partial charge is 0.486 e. The third-order valence-corrected chi connectivity index (χ3v) is 5.35. The number of carbonyl (C=O) groups excluding carboxylic acids is 1. The molecule has 7 heteroatoms. The Morgan fingerprint density at radius 3 is 2.79 bits per heavy atom. The molecule has 1 atom stereocenters. The highest BCUT2D eigenvalue weighted by molar-refractivity contribution is 5.94. The number of hydrogen-bond donors (Lipinski definition) is 2. The standard InChI is InChI=1S/C21H25N3O4/c1-13-10-17(20(25)22-14(13)2)21(26)24-7-3-4-16(12-24)23-15-5-6-18-19(11-15)28-9-8-27-18/h5-6,10-11,16,23H,3-4,7-9,12H2,1-2H3,(H,22,25)/t16-/m1/s1. The van der Waals surface area contributed by atoms with Crippen molar-refractivity contribution in [2.75, 3.05) is 31.6 Å². The van der Waals surface area contributed by atoms with Gasteiger partial charge in [0.1, 0.15) is 18.8 Å². The molecule has 28 heavy (non-hydrogen) atoms. The molecule has 2 aromatic rings. The van der Waals surface area contributed by atoms with Crippen LogP contribution in [-0.4, -0.2) is 48.1 Å². The maximum absolute atomic E-state index is 12.9. The van der Waals surface area contributed by atoms with Crippen molar-refractivity contribution in [1.82, 2.24) is 9.88 Å². The molecule has 1 amide bonds. The van der Waals surface area contributed by atoms with E-state index in [1.165, 1.54) is 0 Å². The van der Waals surface area contributed by atoms with E-state index in [1.807, 2.05) is 32.0 Å². The van der Waals surface area contributed by atoms with Crippen molar-refractivity contribution in [3.8, 4) is 11.5 Å². The molecule has 0 bridgehead atoms. The Morgan fingerprint density at radius 2 is 1.96 bits per heavy atom. The predicted molar refractivity (Wildman–Crippen MR) is 107 cm³/mol. The fourth-order valence-corrected chi connectivity index (χ4v) is 3.70. The van der Waals surface area contributed by atoms with Crippen molar-refractivity contribution in [3.05, 3.63) is 51.4 Å². The number of hydrogen-bond acceptors (Lipinski definition) is 5. The van der Waals surface area contributed by atoms with Gasteiger partial charge in [0.25, 0.3) is 11.5 Å². The second-order valence-corrected chi connectivity index (χ2v) is 7.41. The Bertz CT molecular complexity index is 953. The number of amides is 1. The van der Waals surface area contributed by atoms with Crippen LogP contribution < -0.4 is 20.3 Å². The Kier molecular flexibility index (Phi) is 4.98. The molecule has 1 aromatic heterocycles. The molecular weight excluding hydrogens is 358 g/mol. The minimum atomic E-state index is -0.324. The van der Waals surface area contributed by atoms with Crippen LogP contribution in [0.1, 0.15) is 34.5 Å². The lowest BCUT2D eigenvalue weighted by Gasteiger charge is -2.34. The fourth-order valence-electron chi connectivity index (χ4n) is 3.70. The third-order valence-electron chi connectivity index (χ3n) is 5.35. The van der Waals surface area contributed by atoms with Gasteiger partial charge in [-0.3, -0.25) is 9.59 Å². The summed E-state index contributed by atoms with van der Waals surface area (Å²) in [5.41, 5.74) is 2.52. The fraction of sp³-hybridized carbons (Fsp3) is 0.429. The molecule has 0 spiro atoms. The second-order valence-electron chi connectivity index (χ2n) is 7.41. The molecule has 1 aromatic carbocycles. The zero-order valence-corrected chi connectivity index (χ0v) is 16.2. The first-order chi connectivity index (χ1) is 13.5. The van der Waals surface area contributed by atoms with Crippen LogP contribution in [0.5, 0.6) is 11.5 Å². The van der Waals surface area contributed by atoms with Crippen LogP contribution in [0.2, 0.25) is 0 Å². The lowest BCUT2D eigenvalue weighted by atomic mass is 10.0. The number of ether oxygens (including phenoxy) is 2. The minimum absolute atomic E-state index is 0.117. The van der Waals surface area contributed by atoms with E-state index in [1.54, 1.807) is 11.0 Å². The van der Waals surface area contributed by atoms with Crippen LogP contribution in [0.3, 0.4) is 0 Å². The van der Waals surface area contributed by atoms with Gasteiger partial charge in [-0.25, -0.2) is 0 Å². The summed E-state index contributed by atoms with van der Waals surface area (Å²) in [7, 11) is 0. The highest BCUT2D eigenvalue weighted by atomic mass is 16.6. The van der Waals surface area contributed by atoms with Crippen molar-refractivity contribution in [1.29, 1.82) is 0 Å². The van der Waals surface area contributed by atoms with Gasteiger partial charge in [-0.2, -0.15) is 0 Å². The van der Waals surface area contributed by atoms with Gasteiger partial charge in [0.15, 0.2) is 11.5 Å². The minimum Gasteiger partial charge on any atom is -0.486 e. The SMILES string of the molecule is Cc1cc(C(=O)N2CCC[C@@H](Nc3ccc4c(c3)OCCO4)C2)c(=O)[nH]c1C. The monoisotopic (exact) mass is 383 g/mol. The number of carbonyl (C=O) groups is 1. The quantitative estimate of drug-likeness (QED) is 0.851. The van der Waals surface area contributed by atoms with Gasteiger partial charge in [0, 0.05) is 36.6 Å². The molecule has 4 rings (SSSR count). The summed E-state index contributed by atoms with van der Waals surface area (Å²) in [6.45, 7) is 6.05. The summed E-state index contributed by atoms with van der Waals surface area (Å²) >= 11 is 0. The summed E-state index contributed by atoms with van der Waals surface area (Å²) in [6.07, 6.45) is 1.85. The summed E-state index contributed by atoms with van der Waals surface area (Å²) < 4.78 is 11.2. The van der Waals surface area contributed by atoms with Gasteiger partial charge in [0.05, 0.1) is 0 Å². The van der Waals surface area contributed by atoms with Crippen molar-refractivity contribution in [3.63, 3.8) is 0 Å². The number of pyridine rings is 1. The number of aromatic nitrogens is 1. The molecule has 0 radical (unpaired) electrons. The lowest BCUT2D eigenvalue weighted by Crippen LogP contribution is -2.46. The zero-order valence-electron chi connectivity index (χ0n) is 16.2. The average Bonchev–Trinajstić information content (AvgIpc) is 2.70. The van der Waals surface area contributed by atoms with E-state index in [2.05, 4.69) is 10.3 Å². The van der Waals surface area contributed by atoms with Crippen LogP contribution >= 0.6 is 0 Å². The van der Waals surface area contributed by atoms with Crippen molar-refractivity contribution >= 4 is 11.6 Å². The maximum Gasteiger partial charge on any atom is 0.261 e. The third kappa shape index (κ3) is 3.69. The van der Waals surface area contributed by atoms with E-state index in [0.29, 0.717) is 26.3 Å². The first kappa shape index (κ1) is 18.4. The Hall–Kier alpha value is -2.96. The van der Waals surface area contributed by atoms with E-state index >= 15 is 0 Å². The molecule has 148 valence electrons. The lowest BCUT2D eigenvalue weighted by molar-refractivity contribution is 0.0713. The average molecular weight is 383 g/mol. The maximum atomic E-state index is 12.9. The van der Waals surface area contributed by atoms with Crippen LogP contribution in [0.25, 0.3) is 0 Å². The van der Waals surface area contributed by atoms with Crippen molar-refractivity contribution in [2.45, 2.75) is 32.7 Å². The van der Waals surface area contributed by atoms with E-state index in [-0.39, 0.29) is 23.1 Å². The smallest absolute Gasteiger partial charge is 0.261 e. The van der Waals surface area contributed by atoms with Crippen LogP contribution in [0.15, 0.2) is 29.1 Å². The summed E-state index contributed by atoms with van der Waals surface area (Å²) in [5.74, 6) is 1.28. The number of benzene rings is 1. The van der Waals surface area contributed by atoms with Crippen LogP contribution in [0.4, 0.5) is 5.69 Å². The highest BCUT2D eigenvalue weighted by Crippen LogP contribution is 2.33. The van der Waals surface area contributed by atoms with Gasteiger partial charge in [-0.1, -0.05) is 0 Å². The number of H-pyrrole nitrogens is 1. The molecule has 0 saturated carbocycles. The van der Waals surface area contributed by atoms with Gasteiger partial charge in [-0.15, -0.1) is 0 Å². The van der Waals surface area contributed by atoms with E-state index in [4.69, 9.17) is 9.47 Å². The number of aromatic amines is 1. The second kappa shape index (κ2) is 7.58. The predicted octanol–water partition coefficient (Wildman–Crippen LogP) is 2.48. The zero-order chi connectivity index (χ0) is 19.7. The molecule has 2 N–H and O–H groups in total. The topological polar surface area (TPSA) is 83.7 Å². The van der Waals surface area contributed by atoms with Gasteiger partial charge < -0.3 is 24.7 Å². The number of nitrogens with zero attached hydrogens (tertiary/aromatic N) is 1. The normalized spacial score (nSPS) is 18.6. The molecule has 2 aliphatic rings. The molecule has 1 fully saturated rings. The van der Waals surface area contributed by atoms with Gasteiger partial charge in [-0.05, 0) is 50.5 Å². The number of aryl methyl sites for hydroxylation is 2. The number of rotatable bonds is 3. The van der Waals surface area contributed by atoms with Gasteiger partial charge in [0.2, 0.25) is 0 Å². The summed E-state index contributed by atoms with van der Waals surface area (Å²) in [6, 6.07) is 7.60. The van der Waals surface area contributed by atoms with E-state index in [0.717, 1.165) is 41.3 Å². The molecule has 0 unspecified atom stereocenters. The molecule has 1 saturated heterocycles. The van der Waals surface area contributed by atoms with Gasteiger partial charge >= 0.3 is 0 Å². The van der Waals surface area contributed by atoms with Crippen LogP contribution in [-0.2, 0) is 0 Å². The first-order valence-electron chi connectivity index (χ1n) is 9.67. The number of nitrogens with one attached hydrogen (secondary N) is 2. The highest BCUT2D eigenvalue weighted by Gasteiger charge is 2.26. The summed E-state index contributed by atoms with van der Waals surface area (Å²) in [4.78, 5) is 29.7. The van der Waals surface area contributed by atoms with Crippen molar-refractivity contribution < 1.29 is 14.3 Å². The molecule has 2 aliphatic heterocycles. The Morgan fingerprint density at radius 1 is 1.18 bits per heavy atom. The number of piperidine rings is 1. The molecule has 3 heterocycles. The molecule has 7 nitrogen and oxygen atoms in total. The van der Waals surface area contributed by atoms with E-state index < -0.39 is 0 Å². The molecule has 0 aliphatic carbocycles. The van der Waals surface area contributed by atoms with E-state index in [9.17, 15) is 9.59 Å². The number of anilines is 1. The summed E-state index contributed by atoms with van der Waals surface area (Å²) in [5, 5.41) is 3.49. The first-order valence-corrected chi connectivity index (χ1v) is 9.67. The number of likely N-dealkylation sites (tertiary alicyclic amines) is 1. The Labute approximate surface area is 163 Å². The Balaban J connectivity index is 1.46. The number of fused-ring (bicyclic) bond motifs is 1. The molecular formula is C21H25N3O4. The van der Waals surface area contributed by atoms with Crippen LogP contribution in [0, 0.1) is 13.8 Å².